The number of rotatable bonds is 5. The molecule has 0 saturated heterocycles. The average molecular weight is 132 g/mol. The highest BCUT2D eigenvalue weighted by Gasteiger charge is 1.90. The minimum atomic E-state index is 0.118. The predicted molar refractivity (Wildman–Crippen MR) is 33.1 cm³/mol. The summed E-state index contributed by atoms with van der Waals surface area (Å²) < 4.78 is 9.67. The van der Waals surface area contributed by atoms with Crippen LogP contribution in [-0.2, 0) is 14.3 Å². The predicted octanol–water partition coefficient (Wildman–Crippen LogP) is 0.584. The Balaban J connectivity index is 2.82. The molecule has 0 rings (SSSR count). The molecular weight excluding hydrogens is 120 g/mol. The Bertz CT molecular complexity index is 70.7. The summed E-state index contributed by atoms with van der Waals surface area (Å²) in [4.78, 5) is 9.67. The van der Waals surface area contributed by atoms with Crippen LogP contribution >= 0.6 is 0 Å². The second-order valence-corrected chi connectivity index (χ2v) is 1.87. The second-order valence-electron chi connectivity index (χ2n) is 1.87. The number of hydrogen-bond acceptors (Lipinski definition) is 3. The van der Waals surface area contributed by atoms with Crippen LogP contribution in [0.5, 0.6) is 0 Å². The van der Waals surface area contributed by atoms with Gasteiger partial charge in [-0.2, -0.15) is 0 Å². The van der Waals surface area contributed by atoms with Gasteiger partial charge in [-0.3, -0.25) is 0 Å². The molecule has 0 aliphatic heterocycles. The molecule has 0 aliphatic rings. The van der Waals surface area contributed by atoms with E-state index in [-0.39, 0.29) is 19.5 Å². The summed E-state index contributed by atoms with van der Waals surface area (Å²) in [5.41, 5.74) is 0. The molecule has 0 saturated carbocycles. The van der Waals surface area contributed by atoms with Gasteiger partial charge in [-0.05, 0) is 13.8 Å². The van der Waals surface area contributed by atoms with Crippen molar-refractivity contribution in [3.63, 3.8) is 0 Å². The Labute approximate surface area is 55.0 Å². The molecule has 3 nitrogen and oxygen atoms in total. The number of carbonyl (C=O) groups is 1. The summed E-state index contributed by atoms with van der Waals surface area (Å²) in [6.07, 6.45) is 0.862. The summed E-state index contributed by atoms with van der Waals surface area (Å²) in [6, 6.07) is 0. The third-order valence-corrected chi connectivity index (χ3v) is 0.671. The van der Waals surface area contributed by atoms with E-state index in [2.05, 4.69) is 0 Å². The van der Waals surface area contributed by atoms with E-state index in [9.17, 15) is 4.79 Å². The van der Waals surface area contributed by atoms with Crippen molar-refractivity contribution in [2.75, 3.05) is 13.4 Å². The van der Waals surface area contributed by atoms with Crippen LogP contribution in [0.4, 0.5) is 0 Å². The van der Waals surface area contributed by atoms with Crippen LogP contribution in [0.25, 0.3) is 0 Å². The van der Waals surface area contributed by atoms with Crippen LogP contribution in [0.1, 0.15) is 13.8 Å². The van der Waals surface area contributed by atoms with Crippen molar-refractivity contribution >= 4 is 6.29 Å². The van der Waals surface area contributed by atoms with Crippen LogP contribution in [-0.4, -0.2) is 25.8 Å². The Morgan fingerprint density at radius 1 is 1.56 bits per heavy atom. The van der Waals surface area contributed by atoms with Crippen molar-refractivity contribution in [1.82, 2.24) is 0 Å². The molecule has 54 valence electrons. The van der Waals surface area contributed by atoms with Gasteiger partial charge in [0.15, 0.2) is 0 Å². The molecule has 0 heterocycles. The molecule has 0 spiro atoms. The van der Waals surface area contributed by atoms with Crippen molar-refractivity contribution in [2.24, 2.45) is 0 Å². The smallest absolute Gasteiger partial charge is 0.147 e. The summed E-state index contributed by atoms with van der Waals surface area (Å²) >= 11 is 0. The Kier molecular flexibility index (Phi) is 5.46. The molecule has 0 radical (unpaired) electrons. The van der Waals surface area contributed by atoms with E-state index in [4.69, 9.17) is 9.47 Å². The van der Waals surface area contributed by atoms with Gasteiger partial charge in [-0.1, -0.05) is 0 Å². The van der Waals surface area contributed by atoms with E-state index >= 15 is 0 Å². The molecule has 0 atom stereocenters. The standard InChI is InChI=1S/C6H12O3/c1-6(2)9-5-8-4-3-7/h3,6H,4-5H2,1-2H3. The highest BCUT2D eigenvalue weighted by atomic mass is 16.7. The van der Waals surface area contributed by atoms with Gasteiger partial charge in [0.05, 0.1) is 6.10 Å². The lowest BCUT2D eigenvalue weighted by molar-refractivity contribution is -0.121. The minimum Gasteiger partial charge on any atom is -0.353 e. The quantitative estimate of drug-likeness (QED) is 0.312. The van der Waals surface area contributed by atoms with E-state index in [1.807, 2.05) is 13.8 Å². The van der Waals surface area contributed by atoms with E-state index in [0.717, 1.165) is 0 Å². The van der Waals surface area contributed by atoms with Gasteiger partial charge in [0.1, 0.15) is 19.7 Å². The third kappa shape index (κ3) is 7.59. The second kappa shape index (κ2) is 5.72. The van der Waals surface area contributed by atoms with Gasteiger partial charge in [0.25, 0.3) is 0 Å². The van der Waals surface area contributed by atoms with Gasteiger partial charge in [-0.15, -0.1) is 0 Å². The number of carbonyl (C=O) groups excluding carboxylic acids is 1. The first-order chi connectivity index (χ1) is 4.27. The Morgan fingerprint density at radius 3 is 2.67 bits per heavy atom. The van der Waals surface area contributed by atoms with Crippen LogP contribution in [0, 0.1) is 0 Å². The van der Waals surface area contributed by atoms with Crippen LogP contribution in [0.3, 0.4) is 0 Å². The lowest BCUT2D eigenvalue weighted by atomic mass is 10.5. The molecule has 3 heteroatoms. The minimum absolute atomic E-state index is 0.118. The molecule has 0 N–H and O–H groups in total. The van der Waals surface area contributed by atoms with E-state index < -0.39 is 0 Å². The maximum absolute atomic E-state index is 9.67. The van der Waals surface area contributed by atoms with Gasteiger partial charge in [-0.25, -0.2) is 0 Å². The molecule has 0 aliphatic carbocycles. The monoisotopic (exact) mass is 132 g/mol. The highest BCUT2D eigenvalue weighted by Crippen LogP contribution is 1.86. The van der Waals surface area contributed by atoms with E-state index in [1.165, 1.54) is 0 Å². The van der Waals surface area contributed by atoms with Crippen molar-refractivity contribution in [2.45, 2.75) is 20.0 Å². The Morgan fingerprint density at radius 2 is 2.22 bits per heavy atom. The van der Waals surface area contributed by atoms with E-state index in [1.54, 1.807) is 0 Å². The third-order valence-electron chi connectivity index (χ3n) is 0.671. The molecular formula is C6H12O3. The SMILES string of the molecule is CC(C)OCOCC=O. The molecule has 0 aromatic heterocycles. The van der Waals surface area contributed by atoms with E-state index in [0.29, 0.717) is 6.29 Å². The number of ether oxygens (including phenoxy) is 2. The number of hydrogen-bond donors (Lipinski definition) is 0. The summed E-state index contributed by atoms with van der Waals surface area (Å²) in [7, 11) is 0. The topological polar surface area (TPSA) is 35.5 Å². The average Bonchev–Trinajstić information content (AvgIpc) is 1.80. The first-order valence-electron chi connectivity index (χ1n) is 2.90. The Hall–Kier alpha value is -0.410. The van der Waals surface area contributed by atoms with Crippen molar-refractivity contribution in [1.29, 1.82) is 0 Å². The summed E-state index contributed by atoms with van der Waals surface area (Å²) in [6.45, 7) is 4.14. The number of aldehydes is 1. The zero-order valence-electron chi connectivity index (χ0n) is 5.79. The fraction of sp³-hybridized carbons (Fsp3) is 0.833. The normalized spacial score (nSPS) is 10.1. The molecule has 0 fully saturated rings. The maximum Gasteiger partial charge on any atom is 0.147 e. The summed E-state index contributed by atoms with van der Waals surface area (Å²) in [5, 5.41) is 0. The molecule has 0 aromatic carbocycles. The largest absolute Gasteiger partial charge is 0.353 e. The highest BCUT2D eigenvalue weighted by molar-refractivity contribution is 5.50. The van der Waals surface area contributed by atoms with Crippen LogP contribution in [0.15, 0.2) is 0 Å². The van der Waals surface area contributed by atoms with Gasteiger partial charge < -0.3 is 14.3 Å². The zero-order chi connectivity index (χ0) is 7.11. The molecule has 0 bridgehead atoms. The fourth-order valence-electron chi connectivity index (χ4n) is 0.280. The fourth-order valence-corrected chi connectivity index (χ4v) is 0.280. The molecule has 0 unspecified atom stereocenters. The van der Waals surface area contributed by atoms with Gasteiger partial charge in [0, 0.05) is 0 Å². The van der Waals surface area contributed by atoms with Crippen LogP contribution in [0.2, 0.25) is 0 Å². The first-order valence-corrected chi connectivity index (χ1v) is 2.90. The molecule has 9 heavy (non-hydrogen) atoms. The lowest BCUT2D eigenvalue weighted by Gasteiger charge is -2.04. The van der Waals surface area contributed by atoms with Gasteiger partial charge >= 0.3 is 0 Å². The lowest BCUT2D eigenvalue weighted by Crippen LogP contribution is -2.07. The van der Waals surface area contributed by atoms with Crippen molar-refractivity contribution in [3.8, 4) is 0 Å². The van der Waals surface area contributed by atoms with Crippen molar-refractivity contribution in [3.05, 3.63) is 0 Å². The van der Waals surface area contributed by atoms with Crippen molar-refractivity contribution < 1.29 is 14.3 Å². The zero-order valence-corrected chi connectivity index (χ0v) is 5.79. The van der Waals surface area contributed by atoms with Gasteiger partial charge in [0.2, 0.25) is 0 Å². The molecule has 0 aromatic rings. The summed E-state index contributed by atoms with van der Waals surface area (Å²) in [5.74, 6) is 0. The first kappa shape index (κ1) is 8.59. The molecule has 0 amide bonds. The maximum atomic E-state index is 9.67. The van der Waals surface area contributed by atoms with Crippen LogP contribution < -0.4 is 0 Å².